The van der Waals surface area contributed by atoms with Gasteiger partial charge in [0.15, 0.2) is 6.29 Å². The molecule has 0 amide bonds. The number of allylic oxidation sites excluding steroid dienone is 10. The fraction of sp³-hybridized carbons (Fsp3) is 0.804. The molecule has 6 atom stereocenters. The smallest absolute Gasteiger partial charge is 0.397 e. The van der Waals surface area contributed by atoms with Crippen LogP contribution in [0, 0.1) is 0 Å². The fourth-order valence-electron chi connectivity index (χ4n) is 8.29. The quantitative estimate of drug-likeness (QED) is 0.0197. The van der Waals surface area contributed by atoms with Crippen LogP contribution in [0.5, 0.6) is 0 Å². The molecule has 1 heterocycles. The van der Waals surface area contributed by atoms with Gasteiger partial charge < -0.3 is 34.3 Å². The van der Waals surface area contributed by atoms with Gasteiger partial charge >= 0.3 is 16.4 Å². The molecule has 0 aliphatic carbocycles. The molecule has 0 saturated carbocycles. The Kier molecular flexibility index (Phi) is 44.0. The third-order valence-electron chi connectivity index (χ3n) is 12.4. The molecular weight excluding hydrogens is 897 g/mol. The van der Waals surface area contributed by atoms with Crippen molar-refractivity contribution < 1.29 is 56.2 Å². The van der Waals surface area contributed by atoms with Crippen molar-refractivity contribution in [1.82, 2.24) is 0 Å². The van der Waals surface area contributed by atoms with Crippen LogP contribution in [0.2, 0.25) is 0 Å². The maximum absolute atomic E-state index is 12.9. The molecule has 0 radical (unpaired) electrons. The van der Waals surface area contributed by atoms with Gasteiger partial charge in [0, 0.05) is 13.0 Å². The highest BCUT2D eigenvalue weighted by Gasteiger charge is 2.48. The van der Waals surface area contributed by atoms with E-state index >= 15 is 0 Å². The van der Waals surface area contributed by atoms with E-state index in [0.717, 1.165) is 83.5 Å². The first-order valence-corrected chi connectivity index (χ1v) is 28.9. The molecule has 0 aromatic heterocycles. The number of aliphatic hydroxyl groups excluding tert-OH is 3. The van der Waals surface area contributed by atoms with E-state index in [9.17, 15) is 33.1 Å². The van der Waals surface area contributed by atoms with E-state index in [4.69, 9.17) is 18.9 Å². The Balaban J connectivity index is 2.34. The van der Waals surface area contributed by atoms with Crippen LogP contribution < -0.4 is 0 Å². The van der Waals surface area contributed by atoms with E-state index in [0.29, 0.717) is 13.0 Å². The average molecular weight is 997 g/mol. The van der Waals surface area contributed by atoms with Gasteiger partial charge in [-0.3, -0.25) is 9.35 Å². The summed E-state index contributed by atoms with van der Waals surface area (Å²) in [5.74, 6) is -0.406. The molecule has 0 bridgehead atoms. The number of carbonyl (C=O) groups is 1. The van der Waals surface area contributed by atoms with Crippen molar-refractivity contribution in [2.45, 2.75) is 263 Å². The maximum atomic E-state index is 12.9. The van der Waals surface area contributed by atoms with Crippen LogP contribution in [0.15, 0.2) is 60.8 Å². The van der Waals surface area contributed by atoms with Crippen molar-refractivity contribution in [2.75, 3.05) is 26.4 Å². The summed E-state index contributed by atoms with van der Waals surface area (Å²) in [6, 6.07) is 0. The molecule has 1 saturated heterocycles. The minimum Gasteiger partial charge on any atom is -0.457 e. The summed E-state index contributed by atoms with van der Waals surface area (Å²) in [5.41, 5.74) is 0. The summed E-state index contributed by atoms with van der Waals surface area (Å²) in [5, 5.41) is 30.8. The van der Waals surface area contributed by atoms with Gasteiger partial charge in [0.1, 0.15) is 30.5 Å². The third kappa shape index (κ3) is 40.0. The van der Waals surface area contributed by atoms with E-state index < -0.39 is 59.8 Å². The highest BCUT2D eigenvalue weighted by atomic mass is 32.3. The molecular formula is C56H100O12S. The largest absolute Gasteiger partial charge is 0.457 e. The van der Waals surface area contributed by atoms with E-state index in [1.807, 2.05) is 0 Å². The van der Waals surface area contributed by atoms with Crippen molar-refractivity contribution in [1.29, 1.82) is 0 Å². The van der Waals surface area contributed by atoms with Gasteiger partial charge in [-0.05, 0) is 57.8 Å². The van der Waals surface area contributed by atoms with Gasteiger partial charge in [-0.1, -0.05) is 222 Å². The molecule has 402 valence electrons. The number of aliphatic hydroxyl groups is 3. The summed E-state index contributed by atoms with van der Waals surface area (Å²) >= 11 is 0. The fourth-order valence-corrected chi connectivity index (χ4v) is 8.80. The lowest BCUT2D eigenvalue weighted by Crippen LogP contribution is -2.60. The Morgan fingerprint density at radius 3 is 1.46 bits per heavy atom. The molecule has 0 aromatic carbocycles. The molecule has 12 nitrogen and oxygen atoms in total. The Morgan fingerprint density at radius 2 is 1.00 bits per heavy atom. The molecule has 13 heteroatoms. The molecule has 1 rings (SSSR count). The Labute approximate surface area is 420 Å². The molecule has 1 fully saturated rings. The highest BCUT2D eigenvalue weighted by Crippen LogP contribution is 2.26. The van der Waals surface area contributed by atoms with Gasteiger partial charge in [-0.2, -0.15) is 8.42 Å². The van der Waals surface area contributed by atoms with Crippen LogP contribution in [0.25, 0.3) is 0 Å². The van der Waals surface area contributed by atoms with Gasteiger partial charge in [-0.15, -0.1) is 0 Å². The van der Waals surface area contributed by atoms with Gasteiger partial charge in [-0.25, -0.2) is 4.18 Å². The van der Waals surface area contributed by atoms with E-state index in [1.54, 1.807) is 0 Å². The molecule has 1 aliphatic rings. The minimum absolute atomic E-state index is 0.0188. The normalized spacial score (nSPS) is 19.7. The summed E-state index contributed by atoms with van der Waals surface area (Å²) in [6.07, 6.45) is 51.1. The zero-order valence-corrected chi connectivity index (χ0v) is 44.2. The van der Waals surface area contributed by atoms with Crippen molar-refractivity contribution in [3.8, 4) is 0 Å². The Hall–Kier alpha value is -2.20. The number of rotatable bonds is 48. The monoisotopic (exact) mass is 997 g/mol. The topological polar surface area (TPSA) is 178 Å². The molecule has 1 aliphatic heterocycles. The SMILES string of the molecule is CC/C=C\C/C=C\C/C=C\C/C=C\C/C=C\CCCCCCOCC(COC1OC(CO)C(O)C(OS(=O)(=O)O)C1O)OC(=O)CCCCCCCCCCCCCCCCCCCCCCCC. The summed E-state index contributed by atoms with van der Waals surface area (Å²) in [7, 11) is -5.07. The predicted molar refractivity (Wildman–Crippen MR) is 280 cm³/mol. The Bertz CT molecular complexity index is 1430. The first-order valence-electron chi connectivity index (χ1n) is 27.5. The average Bonchev–Trinajstić information content (AvgIpc) is 3.32. The van der Waals surface area contributed by atoms with Crippen LogP contribution >= 0.6 is 0 Å². The van der Waals surface area contributed by atoms with Crippen molar-refractivity contribution in [3.63, 3.8) is 0 Å². The number of ether oxygens (including phenoxy) is 4. The lowest BCUT2D eigenvalue weighted by atomic mass is 9.99. The zero-order valence-electron chi connectivity index (χ0n) is 43.4. The van der Waals surface area contributed by atoms with Crippen LogP contribution in [0.1, 0.15) is 226 Å². The molecule has 6 unspecified atom stereocenters. The van der Waals surface area contributed by atoms with E-state index in [-0.39, 0.29) is 19.6 Å². The van der Waals surface area contributed by atoms with E-state index in [1.165, 1.54) is 116 Å². The second-order valence-corrected chi connectivity index (χ2v) is 19.8. The maximum Gasteiger partial charge on any atom is 0.397 e. The van der Waals surface area contributed by atoms with Crippen LogP contribution in [0.3, 0.4) is 0 Å². The number of hydrogen-bond acceptors (Lipinski definition) is 11. The van der Waals surface area contributed by atoms with Crippen LogP contribution in [-0.4, -0.2) is 97.5 Å². The third-order valence-corrected chi connectivity index (χ3v) is 12.9. The number of esters is 1. The molecule has 0 spiro atoms. The summed E-state index contributed by atoms with van der Waals surface area (Å²) in [6.45, 7) is 3.85. The first kappa shape index (κ1) is 64.8. The summed E-state index contributed by atoms with van der Waals surface area (Å²) in [4.78, 5) is 12.9. The van der Waals surface area contributed by atoms with Crippen LogP contribution in [-0.2, 0) is 38.3 Å². The van der Waals surface area contributed by atoms with Crippen molar-refractivity contribution in [2.24, 2.45) is 0 Å². The molecule has 69 heavy (non-hydrogen) atoms. The van der Waals surface area contributed by atoms with Gasteiger partial charge in [0.05, 0.1) is 19.8 Å². The Morgan fingerprint density at radius 1 is 0.565 bits per heavy atom. The summed E-state index contributed by atoms with van der Waals surface area (Å²) < 4.78 is 59.3. The second-order valence-electron chi connectivity index (χ2n) is 18.8. The molecule has 0 aromatic rings. The standard InChI is InChI=1S/C56H100O12S/c1-3-5-7-9-11-13-15-17-19-21-23-25-26-27-29-31-33-35-37-39-41-43-45-52(58)66-50(49-65-56-54(60)55(68-69(61,62)63)53(59)51(47-57)67-56)48-64-46-44-42-40-38-36-34-32-30-28-24-22-20-18-16-14-12-10-8-6-4-2/h6,8,12,14,18,20,24,28,32,34,50-51,53-57,59-60H,3-5,7,9-11,13,15-17,19,21-23,25-27,29-31,33,35-49H2,1-2H3,(H,61,62,63)/b8-6-,14-12-,20-18-,28-24-,34-32-. The van der Waals surface area contributed by atoms with Gasteiger partial charge in [0.2, 0.25) is 0 Å². The first-order chi connectivity index (χ1) is 33.6. The van der Waals surface area contributed by atoms with E-state index in [2.05, 4.69) is 78.8 Å². The number of carbonyl (C=O) groups excluding carboxylic acids is 1. The van der Waals surface area contributed by atoms with Crippen molar-refractivity contribution in [3.05, 3.63) is 60.8 Å². The predicted octanol–water partition coefficient (Wildman–Crippen LogP) is 13.3. The van der Waals surface area contributed by atoms with Gasteiger partial charge in [0.25, 0.3) is 0 Å². The van der Waals surface area contributed by atoms with Crippen LogP contribution in [0.4, 0.5) is 0 Å². The lowest BCUT2D eigenvalue weighted by molar-refractivity contribution is -0.301. The molecule has 4 N–H and O–H groups in total. The number of hydrogen-bond donors (Lipinski definition) is 4. The highest BCUT2D eigenvalue weighted by molar-refractivity contribution is 7.80. The lowest BCUT2D eigenvalue weighted by Gasteiger charge is -2.41. The number of unbranched alkanes of at least 4 members (excludes halogenated alkanes) is 25. The second kappa shape index (κ2) is 46.8. The van der Waals surface area contributed by atoms with Crippen molar-refractivity contribution >= 4 is 16.4 Å². The zero-order chi connectivity index (χ0) is 50.3. The minimum atomic E-state index is -5.07.